The number of aromatic nitrogens is 2. The molecule has 1 fully saturated rings. The summed E-state index contributed by atoms with van der Waals surface area (Å²) in [6.45, 7) is 8.28. The minimum atomic E-state index is -0.470. The monoisotopic (exact) mass is 357 g/mol. The smallest absolute Gasteiger partial charge is 0.410 e. The Bertz CT molecular complexity index is 561. The van der Waals surface area contributed by atoms with E-state index in [0.717, 1.165) is 29.8 Å². The summed E-state index contributed by atoms with van der Waals surface area (Å²) in [7, 11) is 0. The molecule has 1 amide bonds. The summed E-state index contributed by atoms with van der Waals surface area (Å²) in [4.78, 5) is 13.9. The van der Waals surface area contributed by atoms with Crippen LogP contribution < -0.4 is 0 Å². The van der Waals surface area contributed by atoms with Gasteiger partial charge in [-0.05, 0) is 36.7 Å². The molecule has 0 bridgehead atoms. The van der Waals surface area contributed by atoms with E-state index in [0.29, 0.717) is 19.1 Å². The van der Waals surface area contributed by atoms with Gasteiger partial charge < -0.3 is 14.4 Å². The lowest BCUT2D eigenvalue weighted by molar-refractivity contribution is -0.0304. The van der Waals surface area contributed by atoms with Crippen molar-refractivity contribution in [3.63, 3.8) is 0 Å². The summed E-state index contributed by atoms with van der Waals surface area (Å²) in [6.07, 6.45) is 0.531. The third kappa shape index (κ3) is 2.94. The highest BCUT2D eigenvalue weighted by atomic mass is 79.9. The Hall–Kier alpha value is -1.08. The molecule has 0 N–H and O–H groups in total. The Morgan fingerprint density at radius 1 is 1.43 bits per heavy atom. The number of carbonyl (C=O) groups excluding carboxylic acids is 1. The highest BCUT2D eigenvalue weighted by Crippen LogP contribution is 2.31. The maximum Gasteiger partial charge on any atom is 0.410 e. The number of amides is 1. The molecule has 116 valence electrons. The van der Waals surface area contributed by atoms with E-state index in [1.54, 1.807) is 4.90 Å². The molecule has 0 radical (unpaired) electrons. The lowest BCUT2D eigenvalue weighted by Gasteiger charge is -2.32. The first-order valence-electron chi connectivity index (χ1n) is 7.16. The summed E-state index contributed by atoms with van der Waals surface area (Å²) in [5.74, 6) is 0. The first kappa shape index (κ1) is 14.8. The van der Waals surface area contributed by atoms with Crippen LogP contribution in [0.15, 0.2) is 4.60 Å². The number of ether oxygens (including phenoxy) is 2. The molecule has 0 aliphatic carbocycles. The van der Waals surface area contributed by atoms with Crippen LogP contribution >= 0.6 is 15.9 Å². The summed E-state index contributed by atoms with van der Waals surface area (Å²) in [5.41, 5.74) is 1.82. The number of nitrogens with zero attached hydrogens (tertiary/aromatic N) is 3. The largest absolute Gasteiger partial charge is 0.444 e. The van der Waals surface area contributed by atoms with Crippen LogP contribution in [0.3, 0.4) is 0 Å². The molecule has 6 nitrogen and oxygen atoms in total. The second kappa shape index (κ2) is 5.28. The van der Waals surface area contributed by atoms with E-state index in [2.05, 4.69) is 25.7 Å². The van der Waals surface area contributed by atoms with Gasteiger partial charge in [0.25, 0.3) is 0 Å². The zero-order valence-corrected chi connectivity index (χ0v) is 14.1. The fourth-order valence-electron chi connectivity index (χ4n) is 2.55. The third-order valence-electron chi connectivity index (χ3n) is 3.65. The van der Waals surface area contributed by atoms with Gasteiger partial charge in [-0.25, -0.2) is 4.79 Å². The van der Waals surface area contributed by atoms with Gasteiger partial charge in [-0.2, -0.15) is 5.10 Å². The highest BCUT2D eigenvalue weighted by Gasteiger charge is 2.32. The van der Waals surface area contributed by atoms with Gasteiger partial charge in [-0.1, -0.05) is 0 Å². The van der Waals surface area contributed by atoms with Gasteiger partial charge in [0.2, 0.25) is 0 Å². The fourth-order valence-corrected chi connectivity index (χ4v) is 3.08. The summed E-state index contributed by atoms with van der Waals surface area (Å²) in [6, 6.07) is 0.332. The summed E-state index contributed by atoms with van der Waals surface area (Å²) in [5, 5.41) is 4.56. The van der Waals surface area contributed by atoms with E-state index < -0.39 is 5.60 Å². The standard InChI is InChI=1S/C14H20BrN3O3/c1-14(2,3)21-13(19)17-5-4-11-10(6-17)12(15)16-18(11)9-7-20-8-9/h9H,4-8H2,1-3H3. The fraction of sp³-hybridized carbons (Fsp3) is 0.714. The molecule has 0 unspecified atom stereocenters. The molecule has 0 aromatic carbocycles. The molecule has 0 spiro atoms. The molecule has 0 atom stereocenters. The van der Waals surface area contributed by atoms with Crippen LogP contribution in [0, 0.1) is 0 Å². The molecular weight excluding hydrogens is 338 g/mol. The van der Waals surface area contributed by atoms with Crippen molar-refractivity contribution in [3.8, 4) is 0 Å². The molecule has 7 heteroatoms. The zero-order valence-electron chi connectivity index (χ0n) is 12.6. The van der Waals surface area contributed by atoms with E-state index in [1.807, 2.05) is 20.8 Å². The van der Waals surface area contributed by atoms with Crippen LogP contribution in [0.4, 0.5) is 4.79 Å². The molecule has 21 heavy (non-hydrogen) atoms. The van der Waals surface area contributed by atoms with Crippen LogP contribution in [-0.2, 0) is 22.4 Å². The van der Waals surface area contributed by atoms with Gasteiger partial charge in [0.15, 0.2) is 0 Å². The van der Waals surface area contributed by atoms with E-state index in [1.165, 1.54) is 5.69 Å². The van der Waals surface area contributed by atoms with Gasteiger partial charge in [0, 0.05) is 24.2 Å². The quantitative estimate of drug-likeness (QED) is 0.774. The van der Waals surface area contributed by atoms with Crippen LogP contribution in [0.1, 0.15) is 38.1 Å². The molecule has 1 aromatic rings. The van der Waals surface area contributed by atoms with Crippen molar-refractivity contribution in [2.24, 2.45) is 0 Å². The molecule has 2 aliphatic heterocycles. The number of hydrogen-bond acceptors (Lipinski definition) is 4. The minimum absolute atomic E-state index is 0.264. The van der Waals surface area contributed by atoms with E-state index >= 15 is 0 Å². The van der Waals surface area contributed by atoms with E-state index in [9.17, 15) is 4.79 Å². The first-order valence-corrected chi connectivity index (χ1v) is 7.96. The molecule has 3 heterocycles. The van der Waals surface area contributed by atoms with Crippen molar-refractivity contribution in [1.82, 2.24) is 14.7 Å². The number of fused-ring (bicyclic) bond motifs is 1. The van der Waals surface area contributed by atoms with Gasteiger partial charge >= 0.3 is 6.09 Å². The van der Waals surface area contributed by atoms with Crippen molar-refractivity contribution >= 4 is 22.0 Å². The summed E-state index contributed by atoms with van der Waals surface area (Å²) < 4.78 is 13.6. The SMILES string of the molecule is CC(C)(C)OC(=O)N1CCc2c(c(Br)nn2C2COC2)C1. The number of rotatable bonds is 1. The lowest BCUT2D eigenvalue weighted by atomic mass is 10.1. The van der Waals surface area contributed by atoms with Gasteiger partial charge in [-0.15, -0.1) is 0 Å². The van der Waals surface area contributed by atoms with Crippen molar-refractivity contribution in [2.45, 2.75) is 45.4 Å². The lowest BCUT2D eigenvalue weighted by Crippen LogP contribution is -2.41. The average Bonchev–Trinajstić information content (AvgIpc) is 2.62. The molecule has 1 aromatic heterocycles. The topological polar surface area (TPSA) is 56.6 Å². The Morgan fingerprint density at radius 2 is 2.14 bits per heavy atom. The average molecular weight is 358 g/mol. The Labute approximate surface area is 132 Å². The van der Waals surface area contributed by atoms with Crippen LogP contribution in [-0.4, -0.2) is 46.1 Å². The maximum atomic E-state index is 12.2. The van der Waals surface area contributed by atoms with E-state index in [-0.39, 0.29) is 6.09 Å². The normalized spacial score (nSPS) is 19.1. The molecule has 1 saturated heterocycles. The zero-order chi connectivity index (χ0) is 15.2. The molecule has 0 saturated carbocycles. The van der Waals surface area contributed by atoms with Crippen LogP contribution in [0.25, 0.3) is 0 Å². The third-order valence-corrected chi connectivity index (χ3v) is 4.29. The Morgan fingerprint density at radius 3 is 2.71 bits per heavy atom. The van der Waals surface area contributed by atoms with Gasteiger partial charge in [0.1, 0.15) is 10.2 Å². The second-order valence-electron chi connectivity index (χ2n) is 6.50. The number of carbonyl (C=O) groups is 1. The van der Waals surface area contributed by atoms with Crippen molar-refractivity contribution in [1.29, 1.82) is 0 Å². The summed E-state index contributed by atoms with van der Waals surface area (Å²) >= 11 is 3.51. The van der Waals surface area contributed by atoms with Crippen molar-refractivity contribution in [3.05, 3.63) is 15.9 Å². The maximum absolute atomic E-state index is 12.2. The number of halogens is 1. The Balaban J connectivity index is 1.76. The second-order valence-corrected chi connectivity index (χ2v) is 7.25. The van der Waals surface area contributed by atoms with Crippen LogP contribution in [0.5, 0.6) is 0 Å². The highest BCUT2D eigenvalue weighted by molar-refractivity contribution is 9.10. The minimum Gasteiger partial charge on any atom is -0.444 e. The van der Waals surface area contributed by atoms with Crippen molar-refractivity contribution in [2.75, 3.05) is 19.8 Å². The predicted molar refractivity (Wildman–Crippen MR) is 80.1 cm³/mol. The van der Waals surface area contributed by atoms with E-state index in [4.69, 9.17) is 9.47 Å². The molecule has 3 rings (SSSR count). The predicted octanol–water partition coefficient (Wildman–Crippen LogP) is 2.51. The number of hydrogen-bond donors (Lipinski definition) is 0. The van der Waals surface area contributed by atoms with Crippen molar-refractivity contribution < 1.29 is 14.3 Å². The molecular formula is C14H20BrN3O3. The molecule has 2 aliphatic rings. The van der Waals surface area contributed by atoms with Gasteiger partial charge in [-0.3, -0.25) is 4.68 Å². The van der Waals surface area contributed by atoms with Crippen LogP contribution in [0.2, 0.25) is 0 Å². The Kier molecular flexibility index (Phi) is 3.73. The first-order chi connectivity index (χ1) is 9.85. The van der Waals surface area contributed by atoms with Gasteiger partial charge in [0.05, 0.1) is 25.8 Å².